The molecule has 4 heteroatoms. The molecular formula is C12H26N2O2. The smallest absolute Gasteiger partial charge is 0.293 e. The summed E-state index contributed by atoms with van der Waals surface area (Å²) in [5, 5.41) is 3.37. The lowest BCUT2D eigenvalue weighted by Gasteiger charge is -2.28. The molecule has 0 radical (unpaired) electrons. The van der Waals surface area contributed by atoms with E-state index in [4.69, 9.17) is 0 Å². The van der Waals surface area contributed by atoms with Crippen LogP contribution in [0.5, 0.6) is 0 Å². The van der Waals surface area contributed by atoms with Gasteiger partial charge in [0.25, 0.3) is 6.47 Å². The molecule has 1 atom stereocenters. The Morgan fingerprint density at radius 1 is 1.38 bits per heavy atom. The zero-order chi connectivity index (χ0) is 12.6. The number of carbonyl (C=O) groups excluding carboxylic acids is 1. The van der Waals surface area contributed by atoms with E-state index in [1.807, 2.05) is 20.8 Å². The van der Waals surface area contributed by atoms with Crippen LogP contribution >= 0.6 is 0 Å². The van der Waals surface area contributed by atoms with Crippen molar-refractivity contribution in [1.29, 1.82) is 0 Å². The highest BCUT2D eigenvalue weighted by Gasteiger charge is 2.13. The molecule has 0 aromatic carbocycles. The molecule has 1 rings (SSSR count). The summed E-state index contributed by atoms with van der Waals surface area (Å²) in [5.41, 5.74) is -0.318. The summed E-state index contributed by atoms with van der Waals surface area (Å²) >= 11 is 0. The molecule has 1 heterocycles. The van der Waals surface area contributed by atoms with Crippen molar-refractivity contribution in [3.8, 4) is 0 Å². The highest BCUT2D eigenvalue weighted by molar-refractivity contribution is 5.37. The van der Waals surface area contributed by atoms with Crippen molar-refractivity contribution in [2.24, 2.45) is 0 Å². The second-order valence-electron chi connectivity index (χ2n) is 5.29. The van der Waals surface area contributed by atoms with Gasteiger partial charge in [0.1, 0.15) is 5.60 Å². The van der Waals surface area contributed by atoms with Crippen molar-refractivity contribution in [3.05, 3.63) is 0 Å². The van der Waals surface area contributed by atoms with Gasteiger partial charge in [-0.05, 0) is 54.3 Å². The third kappa shape index (κ3) is 8.68. The summed E-state index contributed by atoms with van der Waals surface area (Å²) in [6.07, 6.45) is 2.70. The first-order chi connectivity index (χ1) is 7.37. The van der Waals surface area contributed by atoms with Gasteiger partial charge in [-0.15, -0.1) is 0 Å². The van der Waals surface area contributed by atoms with Gasteiger partial charge in [-0.25, -0.2) is 0 Å². The van der Waals surface area contributed by atoms with E-state index in [1.54, 1.807) is 0 Å². The van der Waals surface area contributed by atoms with Crippen molar-refractivity contribution in [3.63, 3.8) is 0 Å². The molecule has 0 spiro atoms. The zero-order valence-corrected chi connectivity index (χ0v) is 11.2. The van der Waals surface area contributed by atoms with E-state index in [0.29, 0.717) is 6.47 Å². The van der Waals surface area contributed by atoms with E-state index in [-0.39, 0.29) is 5.60 Å². The summed E-state index contributed by atoms with van der Waals surface area (Å²) in [6.45, 7) is 8.31. The SMILES string of the molecule is CC(C)(C)OC=O.CN(C)C1CCCNC1. The topological polar surface area (TPSA) is 41.6 Å². The maximum atomic E-state index is 9.60. The zero-order valence-electron chi connectivity index (χ0n) is 11.2. The number of hydrogen-bond acceptors (Lipinski definition) is 4. The lowest BCUT2D eigenvalue weighted by atomic mass is 10.1. The van der Waals surface area contributed by atoms with Gasteiger partial charge in [-0.3, -0.25) is 4.79 Å². The van der Waals surface area contributed by atoms with Gasteiger partial charge in [-0.1, -0.05) is 0 Å². The van der Waals surface area contributed by atoms with E-state index in [2.05, 4.69) is 29.0 Å². The average Bonchev–Trinajstić information content (AvgIpc) is 2.18. The lowest BCUT2D eigenvalue weighted by molar-refractivity contribution is -0.138. The van der Waals surface area contributed by atoms with Crippen molar-refractivity contribution in [2.45, 2.75) is 45.3 Å². The summed E-state index contributed by atoms with van der Waals surface area (Å²) < 4.78 is 4.55. The van der Waals surface area contributed by atoms with Gasteiger partial charge in [0.15, 0.2) is 0 Å². The number of carbonyl (C=O) groups is 1. The Morgan fingerprint density at radius 3 is 2.19 bits per heavy atom. The van der Waals surface area contributed by atoms with Crippen molar-refractivity contribution < 1.29 is 9.53 Å². The molecule has 4 nitrogen and oxygen atoms in total. The number of nitrogens with zero attached hydrogens (tertiary/aromatic N) is 1. The molecule has 1 saturated heterocycles. The standard InChI is InChI=1S/C7H16N2.C5H10O2/c1-9(2)7-4-3-5-8-6-7;1-5(2,3)7-4-6/h7-8H,3-6H2,1-2H3;4H,1-3H3. The van der Waals surface area contributed by atoms with Crippen LogP contribution < -0.4 is 5.32 Å². The second kappa shape index (κ2) is 7.63. The number of likely N-dealkylation sites (N-methyl/N-ethyl adjacent to an activating group) is 1. The molecule has 1 unspecified atom stereocenters. The number of nitrogens with one attached hydrogen (secondary N) is 1. The molecule has 0 aromatic rings. The molecule has 1 aliphatic rings. The summed E-state index contributed by atoms with van der Waals surface area (Å²) in [7, 11) is 4.30. The molecule has 0 saturated carbocycles. The summed E-state index contributed by atoms with van der Waals surface area (Å²) in [5.74, 6) is 0. The van der Waals surface area contributed by atoms with Gasteiger partial charge in [-0.2, -0.15) is 0 Å². The summed E-state index contributed by atoms with van der Waals surface area (Å²) in [6, 6.07) is 0.777. The Balaban J connectivity index is 0.000000293. The molecule has 16 heavy (non-hydrogen) atoms. The highest BCUT2D eigenvalue weighted by Crippen LogP contribution is 2.05. The minimum atomic E-state index is -0.318. The first kappa shape index (κ1) is 15.4. The molecule has 0 amide bonds. The van der Waals surface area contributed by atoms with E-state index in [1.165, 1.54) is 25.9 Å². The van der Waals surface area contributed by atoms with Crippen LogP contribution in [0.1, 0.15) is 33.6 Å². The largest absolute Gasteiger partial charge is 0.462 e. The molecule has 0 bridgehead atoms. The van der Waals surface area contributed by atoms with Gasteiger partial charge in [0.05, 0.1) is 0 Å². The Hall–Kier alpha value is -0.610. The van der Waals surface area contributed by atoms with Crippen LogP contribution in [0.25, 0.3) is 0 Å². The Bertz CT molecular complexity index is 182. The second-order valence-corrected chi connectivity index (χ2v) is 5.29. The molecule has 0 aromatic heterocycles. The van der Waals surface area contributed by atoms with Crippen LogP contribution in [0, 0.1) is 0 Å². The number of hydrogen-bond donors (Lipinski definition) is 1. The van der Waals surface area contributed by atoms with E-state index < -0.39 is 0 Å². The first-order valence-corrected chi connectivity index (χ1v) is 5.85. The predicted molar refractivity (Wildman–Crippen MR) is 66.5 cm³/mol. The van der Waals surface area contributed by atoms with Crippen LogP contribution in [-0.2, 0) is 9.53 Å². The van der Waals surface area contributed by atoms with Crippen LogP contribution in [0.2, 0.25) is 0 Å². The lowest BCUT2D eigenvalue weighted by Crippen LogP contribution is -2.42. The fourth-order valence-electron chi connectivity index (χ4n) is 1.42. The first-order valence-electron chi connectivity index (χ1n) is 5.85. The molecule has 1 N–H and O–H groups in total. The molecular weight excluding hydrogens is 204 g/mol. The quantitative estimate of drug-likeness (QED) is 0.725. The molecule has 1 fully saturated rings. The van der Waals surface area contributed by atoms with E-state index >= 15 is 0 Å². The van der Waals surface area contributed by atoms with Crippen molar-refractivity contribution >= 4 is 6.47 Å². The van der Waals surface area contributed by atoms with Crippen molar-refractivity contribution in [1.82, 2.24) is 10.2 Å². The van der Waals surface area contributed by atoms with Crippen LogP contribution in [0.3, 0.4) is 0 Å². The Kier molecular flexibility index (Phi) is 7.34. The third-order valence-corrected chi connectivity index (χ3v) is 2.40. The highest BCUT2D eigenvalue weighted by atomic mass is 16.5. The number of piperidine rings is 1. The fraction of sp³-hybridized carbons (Fsp3) is 0.917. The number of rotatable bonds is 2. The van der Waals surface area contributed by atoms with Gasteiger partial charge >= 0.3 is 0 Å². The monoisotopic (exact) mass is 230 g/mol. The molecule has 1 aliphatic heterocycles. The van der Waals surface area contributed by atoms with Gasteiger partial charge in [0, 0.05) is 12.6 Å². The summed E-state index contributed by atoms with van der Waals surface area (Å²) in [4.78, 5) is 11.9. The van der Waals surface area contributed by atoms with E-state index in [0.717, 1.165) is 6.04 Å². The van der Waals surface area contributed by atoms with Crippen LogP contribution in [-0.4, -0.2) is 50.2 Å². The minimum Gasteiger partial charge on any atom is -0.462 e. The molecule has 0 aliphatic carbocycles. The van der Waals surface area contributed by atoms with E-state index in [9.17, 15) is 4.79 Å². The Labute approximate surface area is 99.3 Å². The average molecular weight is 230 g/mol. The third-order valence-electron chi connectivity index (χ3n) is 2.40. The Morgan fingerprint density at radius 2 is 2.00 bits per heavy atom. The van der Waals surface area contributed by atoms with Crippen LogP contribution in [0.4, 0.5) is 0 Å². The van der Waals surface area contributed by atoms with Crippen LogP contribution in [0.15, 0.2) is 0 Å². The maximum Gasteiger partial charge on any atom is 0.293 e. The van der Waals surface area contributed by atoms with Gasteiger partial charge < -0.3 is 15.0 Å². The minimum absolute atomic E-state index is 0.318. The maximum absolute atomic E-state index is 9.60. The van der Waals surface area contributed by atoms with Gasteiger partial charge in [0.2, 0.25) is 0 Å². The normalized spacial score (nSPS) is 21.0. The predicted octanol–water partition coefficient (Wildman–Crippen LogP) is 1.26. The molecule has 96 valence electrons. The fourth-order valence-corrected chi connectivity index (χ4v) is 1.42. The number of ether oxygens (including phenoxy) is 1. The van der Waals surface area contributed by atoms with Crippen molar-refractivity contribution in [2.75, 3.05) is 27.2 Å².